The summed E-state index contributed by atoms with van der Waals surface area (Å²) in [6.07, 6.45) is 9.30. The van der Waals surface area contributed by atoms with E-state index in [1.165, 1.54) is 32.1 Å². The monoisotopic (exact) mass is 343 g/mol. The fraction of sp³-hybridized carbons (Fsp3) is 0.600. The molecule has 0 spiro atoms. The van der Waals surface area contributed by atoms with Gasteiger partial charge in [0.1, 0.15) is 0 Å². The average molecular weight is 343 g/mol. The molecule has 5 nitrogen and oxygen atoms in total. The van der Waals surface area contributed by atoms with Crippen molar-refractivity contribution in [3.8, 4) is 0 Å². The second kappa shape index (κ2) is 8.48. The maximum absolute atomic E-state index is 12.2. The van der Waals surface area contributed by atoms with Crippen molar-refractivity contribution >= 4 is 23.2 Å². The molecule has 1 unspecified atom stereocenters. The van der Waals surface area contributed by atoms with Gasteiger partial charge in [-0.15, -0.1) is 0 Å². The topological polar surface area (TPSA) is 84.2 Å². The Labute approximate surface area is 149 Å². The summed E-state index contributed by atoms with van der Waals surface area (Å²) in [6.45, 7) is 0. The molecule has 25 heavy (non-hydrogen) atoms. The smallest absolute Gasteiger partial charge is 0.227 e. The second-order valence-electron chi connectivity index (χ2n) is 7.59. The summed E-state index contributed by atoms with van der Waals surface area (Å²) in [5.41, 5.74) is 7.41. The van der Waals surface area contributed by atoms with Crippen LogP contribution in [-0.4, -0.2) is 17.9 Å². The van der Waals surface area contributed by atoms with Gasteiger partial charge < -0.3 is 16.4 Å². The van der Waals surface area contributed by atoms with Gasteiger partial charge in [0, 0.05) is 29.8 Å². The number of carbonyl (C=O) groups excluding carboxylic acids is 2. The van der Waals surface area contributed by atoms with Crippen molar-refractivity contribution in [3.63, 3.8) is 0 Å². The van der Waals surface area contributed by atoms with Gasteiger partial charge in [0.15, 0.2) is 0 Å². The van der Waals surface area contributed by atoms with Crippen LogP contribution in [0.5, 0.6) is 0 Å². The Hall–Kier alpha value is -1.88. The molecule has 1 aromatic carbocycles. The zero-order valence-electron chi connectivity index (χ0n) is 14.8. The van der Waals surface area contributed by atoms with Crippen molar-refractivity contribution in [2.45, 2.75) is 63.8 Å². The molecule has 0 bridgehead atoms. The zero-order valence-corrected chi connectivity index (χ0v) is 14.8. The highest BCUT2D eigenvalue weighted by Gasteiger charge is 2.27. The van der Waals surface area contributed by atoms with Crippen molar-refractivity contribution in [2.75, 3.05) is 10.6 Å². The van der Waals surface area contributed by atoms with Crippen LogP contribution in [0.2, 0.25) is 0 Å². The van der Waals surface area contributed by atoms with Gasteiger partial charge in [-0.05, 0) is 62.3 Å². The number of nitrogens with two attached hydrogens (primary N) is 1. The largest absolute Gasteiger partial charge is 0.328 e. The van der Waals surface area contributed by atoms with Crippen LogP contribution in [0.25, 0.3) is 0 Å². The molecule has 2 fully saturated rings. The third-order valence-corrected chi connectivity index (χ3v) is 5.48. The maximum Gasteiger partial charge on any atom is 0.227 e. The molecule has 1 aromatic rings. The van der Waals surface area contributed by atoms with Crippen LogP contribution >= 0.6 is 0 Å². The molecule has 4 N–H and O–H groups in total. The Balaban J connectivity index is 1.46. The highest BCUT2D eigenvalue weighted by molar-refractivity contribution is 5.94. The number of carbonyl (C=O) groups is 2. The van der Waals surface area contributed by atoms with Gasteiger partial charge in [-0.1, -0.05) is 19.3 Å². The van der Waals surface area contributed by atoms with Crippen molar-refractivity contribution < 1.29 is 9.59 Å². The minimum Gasteiger partial charge on any atom is -0.328 e. The summed E-state index contributed by atoms with van der Waals surface area (Å²) in [7, 11) is 0. The van der Waals surface area contributed by atoms with E-state index in [1.807, 2.05) is 24.3 Å². The molecule has 0 radical (unpaired) electrons. The highest BCUT2D eigenvalue weighted by Crippen LogP contribution is 2.27. The molecule has 2 atom stereocenters. The minimum atomic E-state index is 0.0184. The average Bonchev–Trinajstić information content (AvgIpc) is 3.04. The molecule has 5 heteroatoms. The van der Waals surface area contributed by atoms with Crippen LogP contribution in [0.15, 0.2) is 24.3 Å². The van der Waals surface area contributed by atoms with Crippen molar-refractivity contribution in [1.82, 2.24) is 0 Å². The Morgan fingerprint density at radius 3 is 2.16 bits per heavy atom. The molecular formula is C20H29N3O2. The molecule has 2 aliphatic carbocycles. The lowest BCUT2D eigenvalue weighted by atomic mass is 9.87. The summed E-state index contributed by atoms with van der Waals surface area (Å²) in [5, 5.41) is 5.91. The molecule has 0 aliphatic heterocycles. The normalized spacial score (nSPS) is 24.0. The second-order valence-corrected chi connectivity index (χ2v) is 7.59. The van der Waals surface area contributed by atoms with E-state index in [9.17, 15) is 9.59 Å². The lowest BCUT2D eigenvalue weighted by molar-refractivity contribution is -0.120. The summed E-state index contributed by atoms with van der Waals surface area (Å²) in [6, 6.07) is 7.51. The van der Waals surface area contributed by atoms with E-state index in [0.29, 0.717) is 12.3 Å². The molecule has 0 aromatic heterocycles. The van der Waals surface area contributed by atoms with Crippen molar-refractivity contribution in [1.29, 1.82) is 0 Å². The number of rotatable bonds is 5. The summed E-state index contributed by atoms with van der Waals surface area (Å²) >= 11 is 0. The molecule has 2 aliphatic rings. The van der Waals surface area contributed by atoms with Crippen LogP contribution in [0.4, 0.5) is 11.4 Å². The predicted molar refractivity (Wildman–Crippen MR) is 100 cm³/mol. The third kappa shape index (κ3) is 5.30. The van der Waals surface area contributed by atoms with Gasteiger partial charge in [0.2, 0.25) is 11.8 Å². The molecule has 3 rings (SSSR count). The lowest BCUT2D eigenvalue weighted by Gasteiger charge is -2.20. The quantitative estimate of drug-likeness (QED) is 0.763. The van der Waals surface area contributed by atoms with E-state index in [1.54, 1.807) is 0 Å². The summed E-state index contributed by atoms with van der Waals surface area (Å²) < 4.78 is 0. The van der Waals surface area contributed by atoms with Crippen molar-refractivity contribution in [3.05, 3.63) is 24.3 Å². The molecule has 2 amide bonds. The zero-order chi connectivity index (χ0) is 17.6. The van der Waals surface area contributed by atoms with Crippen LogP contribution in [0.1, 0.15) is 57.8 Å². The number of amides is 2. The van der Waals surface area contributed by atoms with E-state index in [2.05, 4.69) is 10.6 Å². The van der Waals surface area contributed by atoms with E-state index in [-0.39, 0.29) is 23.8 Å². The molecule has 2 saturated carbocycles. The minimum absolute atomic E-state index is 0.0184. The Morgan fingerprint density at radius 2 is 1.56 bits per heavy atom. The van der Waals surface area contributed by atoms with Crippen LogP contribution < -0.4 is 16.4 Å². The predicted octanol–water partition coefficient (Wildman–Crippen LogP) is 3.66. The van der Waals surface area contributed by atoms with E-state index < -0.39 is 0 Å². The molecule has 136 valence electrons. The van der Waals surface area contributed by atoms with Gasteiger partial charge >= 0.3 is 0 Å². The Kier molecular flexibility index (Phi) is 6.08. The van der Waals surface area contributed by atoms with E-state index in [0.717, 1.165) is 30.6 Å². The molecule has 0 saturated heterocycles. The fourth-order valence-electron chi connectivity index (χ4n) is 4.00. The molecular weight excluding hydrogens is 314 g/mol. The van der Waals surface area contributed by atoms with Gasteiger partial charge in [-0.25, -0.2) is 0 Å². The Morgan fingerprint density at radius 1 is 0.920 bits per heavy atom. The van der Waals surface area contributed by atoms with Gasteiger partial charge in [0.05, 0.1) is 0 Å². The Bertz CT molecular complexity index is 593. The lowest BCUT2D eigenvalue weighted by Crippen LogP contribution is -2.23. The number of benzene rings is 1. The van der Waals surface area contributed by atoms with Gasteiger partial charge in [-0.3, -0.25) is 9.59 Å². The van der Waals surface area contributed by atoms with E-state index >= 15 is 0 Å². The standard InChI is InChI=1S/C20H29N3O2/c21-16-7-6-15(13-16)20(25)23-18-10-8-17(9-11-18)22-19(24)12-14-4-2-1-3-5-14/h8-11,14-16H,1-7,12-13,21H2,(H,22,24)(H,23,25)/t15-,16?/m0/s1. The first-order chi connectivity index (χ1) is 12.1. The highest BCUT2D eigenvalue weighted by atomic mass is 16.2. The number of nitrogens with one attached hydrogen (secondary N) is 2. The van der Waals surface area contributed by atoms with Gasteiger partial charge in [-0.2, -0.15) is 0 Å². The van der Waals surface area contributed by atoms with Crippen LogP contribution in [-0.2, 0) is 9.59 Å². The summed E-state index contributed by atoms with van der Waals surface area (Å²) in [5.74, 6) is 0.681. The first-order valence-electron chi connectivity index (χ1n) is 9.56. The van der Waals surface area contributed by atoms with Crippen molar-refractivity contribution in [2.24, 2.45) is 17.6 Å². The van der Waals surface area contributed by atoms with Crippen LogP contribution in [0, 0.1) is 11.8 Å². The van der Waals surface area contributed by atoms with Crippen LogP contribution in [0.3, 0.4) is 0 Å². The first-order valence-corrected chi connectivity index (χ1v) is 9.56. The fourth-order valence-corrected chi connectivity index (χ4v) is 4.00. The summed E-state index contributed by atoms with van der Waals surface area (Å²) in [4.78, 5) is 24.4. The SMILES string of the molecule is NC1CC[C@H](C(=O)Nc2ccc(NC(=O)CC3CCCCC3)cc2)C1. The maximum atomic E-state index is 12.2. The van der Waals surface area contributed by atoms with E-state index in [4.69, 9.17) is 5.73 Å². The first kappa shape index (κ1) is 17.9. The number of hydrogen-bond donors (Lipinski definition) is 3. The third-order valence-electron chi connectivity index (χ3n) is 5.48. The molecule has 0 heterocycles. The van der Waals surface area contributed by atoms with Gasteiger partial charge in [0.25, 0.3) is 0 Å². The number of anilines is 2. The number of hydrogen-bond acceptors (Lipinski definition) is 3.